The Morgan fingerprint density at radius 1 is 1.29 bits per heavy atom. The number of amides is 1. The molecular formula is C18H18ClN3O2. The highest BCUT2D eigenvalue weighted by molar-refractivity contribution is 6.30. The number of nitrogens with zero attached hydrogens (tertiary/aromatic N) is 2. The Hall–Kier alpha value is -2.27. The molecule has 1 aromatic carbocycles. The lowest BCUT2D eigenvalue weighted by Crippen LogP contribution is -2.41. The van der Waals surface area contributed by atoms with Crippen LogP contribution in [-0.4, -0.2) is 33.9 Å². The van der Waals surface area contributed by atoms with E-state index in [2.05, 4.69) is 9.97 Å². The zero-order valence-corrected chi connectivity index (χ0v) is 13.9. The lowest BCUT2D eigenvalue weighted by Gasteiger charge is -2.36. The summed E-state index contributed by atoms with van der Waals surface area (Å²) in [5.41, 5.74) is 3.75. The fraction of sp³-hybridized carbons (Fsp3) is 0.333. The molecule has 1 unspecified atom stereocenters. The number of ether oxygens (including phenoxy) is 1. The number of carbonyl (C=O) groups is 1. The molecule has 0 fully saturated rings. The summed E-state index contributed by atoms with van der Waals surface area (Å²) < 4.78 is 5.36. The largest absolute Gasteiger partial charge is 0.501 e. The molecule has 1 atom stereocenters. The number of aromatic amines is 1. The Kier molecular flexibility index (Phi) is 4.02. The number of aromatic nitrogens is 2. The topological polar surface area (TPSA) is 58.2 Å². The highest BCUT2D eigenvalue weighted by atomic mass is 35.5. The van der Waals surface area contributed by atoms with E-state index in [9.17, 15) is 4.79 Å². The Morgan fingerprint density at radius 3 is 2.88 bits per heavy atom. The number of hydrogen-bond acceptors (Lipinski definition) is 3. The van der Waals surface area contributed by atoms with Crippen LogP contribution in [0.5, 0.6) is 0 Å². The van der Waals surface area contributed by atoms with Gasteiger partial charge in [0.05, 0.1) is 30.5 Å². The third-order valence-electron chi connectivity index (χ3n) is 4.58. The summed E-state index contributed by atoms with van der Waals surface area (Å²) in [5, 5.41) is 0.679. The molecule has 2 aliphatic heterocycles. The summed E-state index contributed by atoms with van der Waals surface area (Å²) in [4.78, 5) is 22.6. The van der Waals surface area contributed by atoms with E-state index in [0.717, 1.165) is 41.8 Å². The van der Waals surface area contributed by atoms with Gasteiger partial charge in [-0.05, 0) is 30.5 Å². The van der Waals surface area contributed by atoms with Gasteiger partial charge in [-0.2, -0.15) is 0 Å². The van der Waals surface area contributed by atoms with Gasteiger partial charge in [0.2, 0.25) is 0 Å². The quantitative estimate of drug-likeness (QED) is 0.910. The number of halogens is 1. The fourth-order valence-electron chi connectivity index (χ4n) is 3.38. The van der Waals surface area contributed by atoms with E-state index in [-0.39, 0.29) is 11.9 Å². The van der Waals surface area contributed by atoms with Gasteiger partial charge in [-0.25, -0.2) is 4.98 Å². The van der Waals surface area contributed by atoms with E-state index in [4.69, 9.17) is 16.3 Å². The molecule has 5 nitrogen and oxygen atoms in total. The van der Waals surface area contributed by atoms with Crippen LogP contribution in [0.3, 0.4) is 0 Å². The number of nitrogens with one attached hydrogen (secondary N) is 1. The first kappa shape index (κ1) is 15.3. The molecular weight excluding hydrogens is 326 g/mol. The molecule has 1 N–H and O–H groups in total. The van der Waals surface area contributed by atoms with Crippen molar-refractivity contribution in [3.63, 3.8) is 0 Å². The molecule has 4 rings (SSSR count). The lowest BCUT2D eigenvalue weighted by atomic mass is 9.94. The van der Waals surface area contributed by atoms with Crippen molar-refractivity contribution in [1.82, 2.24) is 14.9 Å². The Labute approximate surface area is 145 Å². The van der Waals surface area contributed by atoms with E-state index < -0.39 is 0 Å². The van der Waals surface area contributed by atoms with Crippen molar-refractivity contribution in [3.8, 4) is 0 Å². The summed E-state index contributed by atoms with van der Waals surface area (Å²) in [7, 11) is 0. The predicted molar refractivity (Wildman–Crippen MR) is 90.6 cm³/mol. The molecule has 0 radical (unpaired) electrons. The van der Waals surface area contributed by atoms with Gasteiger partial charge in [0.15, 0.2) is 0 Å². The van der Waals surface area contributed by atoms with Crippen LogP contribution in [0.15, 0.2) is 42.4 Å². The second kappa shape index (κ2) is 6.32. The number of fused-ring (bicyclic) bond motifs is 1. The molecule has 0 bridgehead atoms. The Balaban J connectivity index is 1.73. The normalized spacial score (nSPS) is 20.1. The van der Waals surface area contributed by atoms with E-state index in [1.807, 2.05) is 29.2 Å². The van der Waals surface area contributed by atoms with E-state index in [0.29, 0.717) is 18.2 Å². The fourth-order valence-corrected chi connectivity index (χ4v) is 3.51. The van der Waals surface area contributed by atoms with Crippen LogP contribution in [0.1, 0.15) is 35.8 Å². The summed E-state index contributed by atoms with van der Waals surface area (Å²) >= 11 is 6.02. The van der Waals surface area contributed by atoms with Crippen LogP contribution in [0, 0.1) is 0 Å². The predicted octanol–water partition coefficient (Wildman–Crippen LogP) is 3.23. The van der Waals surface area contributed by atoms with Gasteiger partial charge in [-0.1, -0.05) is 23.7 Å². The molecule has 1 amide bonds. The average molecular weight is 344 g/mol. The zero-order valence-electron chi connectivity index (χ0n) is 13.2. The minimum absolute atomic E-state index is 0.0308. The van der Waals surface area contributed by atoms with Crippen molar-refractivity contribution in [2.24, 2.45) is 0 Å². The van der Waals surface area contributed by atoms with Crippen LogP contribution in [0.25, 0.3) is 0 Å². The lowest BCUT2D eigenvalue weighted by molar-refractivity contribution is -0.129. The monoisotopic (exact) mass is 343 g/mol. The highest BCUT2D eigenvalue weighted by Crippen LogP contribution is 2.35. The van der Waals surface area contributed by atoms with Gasteiger partial charge >= 0.3 is 0 Å². The zero-order chi connectivity index (χ0) is 16.5. The van der Waals surface area contributed by atoms with E-state index in [1.54, 1.807) is 12.6 Å². The van der Waals surface area contributed by atoms with Gasteiger partial charge < -0.3 is 14.6 Å². The molecule has 0 aliphatic carbocycles. The molecule has 124 valence electrons. The Bertz CT molecular complexity index is 782. The van der Waals surface area contributed by atoms with Crippen LogP contribution < -0.4 is 0 Å². The third kappa shape index (κ3) is 2.69. The second-order valence-electron chi connectivity index (χ2n) is 6.09. The first-order valence-corrected chi connectivity index (χ1v) is 8.51. The van der Waals surface area contributed by atoms with Gasteiger partial charge in [-0.15, -0.1) is 0 Å². The van der Waals surface area contributed by atoms with Crippen molar-refractivity contribution in [3.05, 3.63) is 64.4 Å². The van der Waals surface area contributed by atoms with Crippen molar-refractivity contribution >= 4 is 17.5 Å². The molecule has 2 aromatic rings. The molecule has 0 spiro atoms. The summed E-state index contributed by atoms with van der Waals surface area (Å²) in [5.74, 6) is 0.0308. The first-order valence-electron chi connectivity index (χ1n) is 8.13. The van der Waals surface area contributed by atoms with Crippen LogP contribution in [0.2, 0.25) is 5.02 Å². The number of hydrogen-bond donors (Lipinski definition) is 1. The second-order valence-corrected chi connectivity index (χ2v) is 6.52. The number of imidazole rings is 1. The van der Waals surface area contributed by atoms with Crippen LogP contribution in [-0.2, 0) is 16.0 Å². The van der Waals surface area contributed by atoms with E-state index >= 15 is 0 Å². The van der Waals surface area contributed by atoms with E-state index in [1.165, 1.54) is 0 Å². The number of carbonyl (C=O) groups excluding carboxylic acids is 1. The smallest absolute Gasteiger partial charge is 0.253 e. The molecule has 0 saturated heterocycles. The summed E-state index contributed by atoms with van der Waals surface area (Å²) in [6.45, 7) is 1.33. The minimum atomic E-state index is -0.201. The minimum Gasteiger partial charge on any atom is -0.501 e. The third-order valence-corrected chi connectivity index (χ3v) is 4.83. The van der Waals surface area contributed by atoms with Gasteiger partial charge in [-0.3, -0.25) is 4.79 Å². The first-order chi connectivity index (χ1) is 11.7. The van der Waals surface area contributed by atoms with Gasteiger partial charge in [0, 0.05) is 23.7 Å². The summed E-state index contributed by atoms with van der Waals surface area (Å²) in [6.07, 6.45) is 5.73. The van der Waals surface area contributed by atoms with Crippen molar-refractivity contribution < 1.29 is 9.53 Å². The summed E-state index contributed by atoms with van der Waals surface area (Å²) in [6, 6.07) is 7.42. The molecule has 0 saturated carbocycles. The average Bonchev–Trinajstić information content (AvgIpc) is 3.10. The maximum absolute atomic E-state index is 13.0. The number of H-pyrrole nitrogens is 1. The SMILES string of the molecule is O=C(C1=COCCC1)N1CCc2[nH]cnc2C1c1ccc(Cl)cc1. The molecule has 1 aromatic heterocycles. The Morgan fingerprint density at radius 2 is 2.12 bits per heavy atom. The van der Waals surface area contributed by atoms with Crippen molar-refractivity contribution in [2.75, 3.05) is 13.2 Å². The van der Waals surface area contributed by atoms with Crippen LogP contribution in [0.4, 0.5) is 0 Å². The highest BCUT2D eigenvalue weighted by Gasteiger charge is 2.35. The van der Waals surface area contributed by atoms with Gasteiger partial charge in [0.25, 0.3) is 5.91 Å². The number of rotatable bonds is 2. The number of benzene rings is 1. The molecule has 24 heavy (non-hydrogen) atoms. The molecule has 6 heteroatoms. The maximum Gasteiger partial charge on any atom is 0.253 e. The van der Waals surface area contributed by atoms with Gasteiger partial charge in [0.1, 0.15) is 6.04 Å². The molecule has 3 heterocycles. The van der Waals surface area contributed by atoms with Crippen LogP contribution >= 0.6 is 11.6 Å². The molecule has 2 aliphatic rings. The maximum atomic E-state index is 13.0. The standard InChI is InChI=1S/C18H18ClN3O2/c19-14-5-3-12(4-6-14)17-16-15(20-11-21-16)7-8-22(17)18(23)13-2-1-9-24-10-13/h3-6,10-11,17H,1-2,7-9H2,(H,20,21). The van der Waals surface area contributed by atoms with Crippen molar-refractivity contribution in [2.45, 2.75) is 25.3 Å². The van der Waals surface area contributed by atoms with Crippen molar-refractivity contribution in [1.29, 1.82) is 0 Å².